The van der Waals surface area contributed by atoms with Crippen LogP contribution in [-0.2, 0) is 16.0 Å². The minimum absolute atomic E-state index is 0.0909. The van der Waals surface area contributed by atoms with Crippen molar-refractivity contribution in [3.8, 4) is 11.5 Å². The number of hydrogen-bond donors (Lipinski definition) is 2. The molecule has 0 aliphatic rings. The summed E-state index contributed by atoms with van der Waals surface area (Å²) < 4.78 is 24.5. The number of pyridine rings is 1. The lowest BCUT2D eigenvalue weighted by atomic mass is 9.99. The Morgan fingerprint density at radius 2 is 1.91 bits per heavy atom. The Hall–Kier alpha value is -3.59. The van der Waals surface area contributed by atoms with Gasteiger partial charge in [0.15, 0.2) is 17.2 Å². The smallest absolute Gasteiger partial charge is 0.325 e. The predicted molar refractivity (Wildman–Crippen MR) is 131 cm³/mol. The van der Waals surface area contributed by atoms with Crippen LogP contribution in [0, 0.1) is 5.82 Å². The van der Waals surface area contributed by atoms with E-state index in [4.69, 9.17) is 9.47 Å². The van der Waals surface area contributed by atoms with E-state index in [1.54, 1.807) is 13.0 Å². The number of rotatable bonds is 10. The maximum absolute atomic E-state index is 13.9. The number of nitrogens with one attached hydrogen (secondary N) is 1. The first kappa shape index (κ1) is 26.0. The van der Waals surface area contributed by atoms with E-state index in [0.717, 1.165) is 16.0 Å². The van der Waals surface area contributed by atoms with E-state index in [9.17, 15) is 19.1 Å². The highest BCUT2D eigenvalue weighted by Gasteiger charge is 2.27. The number of aryl methyl sites for hydroxylation is 1. The van der Waals surface area contributed by atoms with Crippen LogP contribution in [0.25, 0.3) is 0 Å². The summed E-state index contributed by atoms with van der Waals surface area (Å²) in [5.74, 6) is -2.05. The predicted octanol–water partition coefficient (Wildman–Crippen LogP) is 4.69. The lowest BCUT2D eigenvalue weighted by Crippen LogP contribution is -2.33. The number of carbonyl (C=O) groups is 2. The van der Waals surface area contributed by atoms with Crippen molar-refractivity contribution in [3.63, 3.8) is 0 Å². The van der Waals surface area contributed by atoms with Crippen molar-refractivity contribution in [3.05, 3.63) is 83.4 Å². The Balaban J connectivity index is 1.73. The van der Waals surface area contributed by atoms with Crippen LogP contribution in [0.5, 0.6) is 11.5 Å². The molecule has 0 saturated carbocycles. The highest BCUT2D eigenvalue weighted by molar-refractivity contribution is 7.99. The highest BCUT2D eigenvalue weighted by Crippen LogP contribution is 2.40. The highest BCUT2D eigenvalue weighted by atomic mass is 32.2. The first-order valence-electron chi connectivity index (χ1n) is 11.0. The summed E-state index contributed by atoms with van der Waals surface area (Å²) in [6.45, 7) is 3.28. The number of amides is 1. The lowest BCUT2D eigenvalue weighted by molar-refractivity contribution is -0.146. The van der Waals surface area contributed by atoms with Crippen LogP contribution >= 0.6 is 11.8 Å². The van der Waals surface area contributed by atoms with Gasteiger partial charge in [0.25, 0.3) is 5.91 Å². The third kappa shape index (κ3) is 6.73. The minimum atomic E-state index is -0.743. The van der Waals surface area contributed by atoms with E-state index in [0.29, 0.717) is 6.42 Å². The number of hydrogen-bond acceptors (Lipinski definition) is 7. The molecular weight excluding hydrogens is 471 g/mol. The number of aromatic nitrogens is 1. The van der Waals surface area contributed by atoms with Crippen molar-refractivity contribution in [1.82, 2.24) is 10.3 Å². The fourth-order valence-electron chi connectivity index (χ4n) is 3.53. The Morgan fingerprint density at radius 1 is 1.17 bits per heavy atom. The van der Waals surface area contributed by atoms with Gasteiger partial charge >= 0.3 is 5.97 Å². The quantitative estimate of drug-likeness (QED) is 0.309. The van der Waals surface area contributed by atoms with Crippen molar-refractivity contribution >= 4 is 23.6 Å². The molecule has 7 nitrogen and oxygen atoms in total. The Labute approximate surface area is 207 Å². The Morgan fingerprint density at radius 3 is 2.60 bits per heavy atom. The van der Waals surface area contributed by atoms with Gasteiger partial charge in [-0.25, -0.2) is 9.37 Å². The average molecular weight is 499 g/mol. The molecule has 2 atom stereocenters. The zero-order valence-electron chi connectivity index (χ0n) is 19.7. The van der Waals surface area contributed by atoms with E-state index in [2.05, 4.69) is 10.3 Å². The normalized spacial score (nSPS) is 12.5. The standard InChI is InChI=1S/C26H27FN2O5S/c1-4-17-14-18(27)10-11-20(17)25(35-19-8-6-5-7-9-19)16(2)34-22(30)15-29-26(32)23-24(31)21(33-3)12-13-28-23/h5-14,16,25,31H,4,15H2,1-3H3,(H,29,32)/t16-,25-/m0/s1. The summed E-state index contributed by atoms with van der Waals surface area (Å²) in [4.78, 5) is 29.8. The van der Waals surface area contributed by atoms with Gasteiger partial charge in [-0.05, 0) is 48.7 Å². The van der Waals surface area contributed by atoms with Crippen LogP contribution in [0.4, 0.5) is 4.39 Å². The van der Waals surface area contributed by atoms with Gasteiger partial charge in [-0.3, -0.25) is 9.59 Å². The summed E-state index contributed by atoms with van der Waals surface area (Å²) in [6.07, 6.45) is 1.34. The molecule has 2 N–H and O–H groups in total. The number of esters is 1. The first-order chi connectivity index (χ1) is 16.8. The van der Waals surface area contributed by atoms with Crippen molar-refractivity contribution in [1.29, 1.82) is 0 Å². The molecule has 0 radical (unpaired) electrons. The molecule has 0 bridgehead atoms. The molecule has 1 amide bonds. The van der Waals surface area contributed by atoms with Gasteiger partial charge < -0.3 is 19.9 Å². The molecule has 9 heteroatoms. The maximum Gasteiger partial charge on any atom is 0.325 e. The summed E-state index contributed by atoms with van der Waals surface area (Å²) in [5.41, 5.74) is 1.44. The number of nitrogens with zero attached hydrogens (tertiary/aromatic N) is 1. The van der Waals surface area contributed by atoms with E-state index < -0.39 is 30.3 Å². The molecule has 0 aliphatic heterocycles. The maximum atomic E-state index is 13.9. The van der Waals surface area contributed by atoms with Crippen molar-refractivity contribution in [2.45, 2.75) is 36.5 Å². The zero-order valence-corrected chi connectivity index (χ0v) is 20.5. The SMILES string of the molecule is CCc1cc(F)ccc1[C@@H](Sc1ccccc1)[C@H](C)OC(=O)CNC(=O)c1nccc(OC)c1O. The molecule has 184 valence electrons. The third-order valence-electron chi connectivity index (χ3n) is 5.26. The number of aromatic hydroxyl groups is 1. The van der Waals surface area contributed by atoms with Gasteiger partial charge in [0.1, 0.15) is 18.5 Å². The zero-order chi connectivity index (χ0) is 25.4. The van der Waals surface area contributed by atoms with E-state index in [1.807, 2.05) is 37.3 Å². The number of ether oxygens (including phenoxy) is 2. The monoisotopic (exact) mass is 498 g/mol. The molecule has 1 heterocycles. The van der Waals surface area contributed by atoms with Gasteiger partial charge in [0, 0.05) is 17.2 Å². The molecule has 0 unspecified atom stereocenters. The number of thioether (sulfide) groups is 1. The van der Waals surface area contributed by atoms with Crippen LogP contribution in [0.15, 0.2) is 65.7 Å². The number of methoxy groups -OCH3 is 1. The molecule has 35 heavy (non-hydrogen) atoms. The van der Waals surface area contributed by atoms with Gasteiger partial charge in [0.2, 0.25) is 0 Å². The summed E-state index contributed by atoms with van der Waals surface area (Å²) >= 11 is 1.51. The fraction of sp³-hybridized carbons (Fsp3) is 0.269. The van der Waals surface area contributed by atoms with Crippen molar-refractivity contribution < 1.29 is 28.6 Å². The van der Waals surface area contributed by atoms with E-state index in [-0.39, 0.29) is 22.5 Å². The van der Waals surface area contributed by atoms with Crippen molar-refractivity contribution in [2.24, 2.45) is 0 Å². The summed E-state index contributed by atoms with van der Waals surface area (Å²) in [5, 5.41) is 12.2. The second kappa shape index (κ2) is 12.2. The molecule has 3 rings (SSSR count). The van der Waals surface area contributed by atoms with Crippen LogP contribution in [0.3, 0.4) is 0 Å². The minimum Gasteiger partial charge on any atom is -0.503 e. The second-order valence-corrected chi connectivity index (χ2v) is 8.85. The lowest BCUT2D eigenvalue weighted by Gasteiger charge is -2.26. The van der Waals surface area contributed by atoms with Gasteiger partial charge in [-0.15, -0.1) is 11.8 Å². The van der Waals surface area contributed by atoms with E-state index >= 15 is 0 Å². The molecule has 1 aromatic heterocycles. The molecule has 0 saturated heterocycles. The third-order valence-corrected chi connectivity index (χ3v) is 6.69. The molecule has 3 aromatic rings. The van der Waals surface area contributed by atoms with E-state index in [1.165, 1.54) is 43.3 Å². The molecule has 0 aliphatic carbocycles. The fourth-order valence-corrected chi connectivity index (χ4v) is 4.74. The average Bonchev–Trinajstić information content (AvgIpc) is 2.86. The molecule has 0 spiro atoms. The van der Waals surface area contributed by atoms with Crippen LogP contribution < -0.4 is 10.1 Å². The van der Waals surface area contributed by atoms with Crippen LogP contribution in [0.1, 0.15) is 40.7 Å². The largest absolute Gasteiger partial charge is 0.503 e. The molecule has 0 fully saturated rings. The summed E-state index contributed by atoms with van der Waals surface area (Å²) in [6, 6.07) is 15.7. The number of benzene rings is 2. The van der Waals surface area contributed by atoms with Gasteiger partial charge in [-0.1, -0.05) is 31.2 Å². The van der Waals surface area contributed by atoms with Crippen molar-refractivity contribution in [2.75, 3.05) is 13.7 Å². The van der Waals surface area contributed by atoms with Gasteiger partial charge in [-0.2, -0.15) is 0 Å². The Bertz CT molecular complexity index is 1180. The van der Waals surface area contributed by atoms with Crippen LogP contribution in [-0.4, -0.2) is 41.7 Å². The van der Waals surface area contributed by atoms with Crippen LogP contribution in [0.2, 0.25) is 0 Å². The summed E-state index contributed by atoms with van der Waals surface area (Å²) in [7, 11) is 1.35. The van der Waals surface area contributed by atoms with Gasteiger partial charge in [0.05, 0.1) is 12.4 Å². The Kier molecular flexibility index (Phi) is 9.08. The number of halogens is 1. The molecule has 2 aromatic carbocycles. The number of carbonyl (C=O) groups excluding carboxylic acids is 2. The topological polar surface area (TPSA) is 97.8 Å². The molecular formula is C26H27FN2O5S. The second-order valence-electron chi connectivity index (χ2n) is 7.64. The first-order valence-corrected chi connectivity index (χ1v) is 11.9.